The van der Waals surface area contributed by atoms with Gasteiger partial charge in [-0.05, 0) is 67.9 Å². The van der Waals surface area contributed by atoms with Crippen LogP contribution in [0, 0.1) is 0 Å². The molecule has 0 radical (unpaired) electrons. The number of para-hydroxylation sites is 1. The molecule has 5 nitrogen and oxygen atoms in total. The van der Waals surface area contributed by atoms with E-state index in [1.807, 2.05) is 32.0 Å². The molecule has 4 rings (SSSR count). The van der Waals surface area contributed by atoms with E-state index in [-0.39, 0.29) is 17.4 Å². The van der Waals surface area contributed by atoms with Gasteiger partial charge in [0, 0.05) is 16.3 Å². The van der Waals surface area contributed by atoms with Crippen molar-refractivity contribution in [2.24, 2.45) is 0 Å². The van der Waals surface area contributed by atoms with Gasteiger partial charge in [-0.1, -0.05) is 41.9 Å². The van der Waals surface area contributed by atoms with E-state index in [1.165, 1.54) is 4.90 Å². The minimum absolute atomic E-state index is 0.0165. The van der Waals surface area contributed by atoms with Crippen LogP contribution in [-0.2, 0) is 9.59 Å². The van der Waals surface area contributed by atoms with Crippen molar-refractivity contribution >= 4 is 34.7 Å². The predicted molar refractivity (Wildman–Crippen MR) is 125 cm³/mol. The molecule has 1 atom stereocenters. The van der Waals surface area contributed by atoms with E-state index in [9.17, 15) is 14.7 Å². The van der Waals surface area contributed by atoms with Crippen LogP contribution in [0.3, 0.4) is 0 Å². The number of amides is 1. The predicted octanol–water partition coefficient (Wildman–Crippen LogP) is 5.75. The van der Waals surface area contributed by atoms with E-state index in [1.54, 1.807) is 60.7 Å². The number of nitrogens with zero attached hydrogens (tertiary/aromatic N) is 1. The maximum Gasteiger partial charge on any atom is 0.300 e. The van der Waals surface area contributed by atoms with E-state index in [4.69, 9.17) is 16.3 Å². The third kappa shape index (κ3) is 4.12. The number of rotatable bonds is 5. The van der Waals surface area contributed by atoms with Crippen molar-refractivity contribution in [1.29, 1.82) is 0 Å². The third-order valence-corrected chi connectivity index (χ3v) is 5.39. The normalized spacial score (nSPS) is 17.8. The van der Waals surface area contributed by atoms with Crippen molar-refractivity contribution < 1.29 is 19.4 Å². The van der Waals surface area contributed by atoms with Crippen LogP contribution in [-0.4, -0.2) is 22.9 Å². The molecule has 1 N–H and O–H groups in total. The topological polar surface area (TPSA) is 66.8 Å². The van der Waals surface area contributed by atoms with Gasteiger partial charge in [0.25, 0.3) is 11.7 Å². The molecular weight excluding hydrogens is 426 g/mol. The molecule has 0 bridgehead atoms. The molecule has 6 heteroatoms. The maximum absolute atomic E-state index is 13.2. The fourth-order valence-corrected chi connectivity index (χ4v) is 3.92. The van der Waals surface area contributed by atoms with Crippen molar-refractivity contribution in [2.45, 2.75) is 26.0 Å². The smallest absolute Gasteiger partial charge is 0.300 e. The number of carbonyl (C=O) groups excluding carboxylic acids is 2. The highest BCUT2D eigenvalue weighted by Gasteiger charge is 2.47. The van der Waals surface area contributed by atoms with Gasteiger partial charge in [0.1, 0.15) is 11.5 Å². The lowest BCUT2D eigenvalue weighted by atomic mass is 9.95. The fourth-order valence-electron chi connectivity index (χ4n) is 3.80. The standard InChI is InChI=1S/C26H22ClNO4/c1-16(2)32-21-10-6-7-18(15-21)23-22(24(29)17-11-13-19(27)14-12-17)25(30)26(31)28(23)20-8-4-3-5-9-20/h3-16,23,29H,1-2H3/b24-22-. The molecule has 3 aromatic rings. The number of hydrogen-bond acceptors (Lipinski definition) is 4. The molecule has 1 saturated heterocycles. The Morgan fingerprint density at radius 2 is 1.66 bits per heavy atom. The zero-order valence-corrected chi connectivity index (χ0v) is 18.4. The van der Waals surface area contributed by atoms with E-state index in [0.717, 1.165) is 0 Å². The molecule has 1 aliphatic heterocycles. The number of aliphatic hydroxyl groups is 1. The molecule has 0 saturated carbocycles. The van der Waals surface area contributed by atoms with Crippen LogP contribution >= 0.6 is 11.6 Å². The molecule has 162 valence electrons. The lowest BCUT2D eigenvalue weighted by Gasteiger charge is -2.26. The molecule has 32 heavy (non-hydrogen) atoms. The number of ketones is 1. The van der Waals surface area contributed by atoms with Crippen LogP contribution < -0.4 is 9.64 Å². The Balaban J connectivity index is 1.92. The summed E-state index contributed by atoms with van der Waals surface area (Å²) < 4.78 is 5.82. The summed E-state index contributed by atoms with van der Waals surface area (Å²) >= 11 is 5.97. The summed E-state index contributed by atoms with van der Waals surface area (Å²) in [6.07, 6.45) is -0.0419. The number of benzene rings is 3. The lowest BCUT2D eigenvalue weighted by molar-refractivity contribution is -0.132. The maximum atomic E-state index is 13.2. The number of Topliss-reactive ketones (excluding diaryl/α,β-unsaturated/α-hetero) is 1. The SMILES string of the molecule is CC(C)Oc1cccc(C2/C(=C(/O)c3ccc(Cl)cc3)C(=O)C(=O)N2c2ccccc2)c1. The molecule has 1 heterocycles. The average Bonchev–Trinajstić information content (AvgIpc) is 3.05. The average molecular weight is 448 g/mol. The number of anilines is 1. The highest BCUT2D eigenvalue weighted by Crippen LogP contribution is 2.42. The Bertz CT molecular complexity index is 1190. The second-order valence-corrected chi connectivity index (χ2v) is 8.19. The Hall–Kier alpha value is -3.57. The van der Waals surface area contributed by atoms with Crippen LogP contribution in [0.1, 0.15) is 31.0 Å². The van der Waals surface area contributed by atoms with E-state index < -0.39 is 17.7 Å². The van der Waals surface area contributed by atoms with Crippen molar-refractivity contribution in [1.82, 2.24) is 0 Å². The summed E-state index contributed by atoms with van der Waals surface area (Å²) in [6.45, 7) is 3.84. The first kappa shape index (κ1) is 21.7. The number of carbonyl (C=O) groups is 2. The van der Waals surface area contributed by atoms with Crippen LogP contribution in [0.5, 0.6) is 5.75 Å². The van der Waals surface area contributed by atoms with Gasteiger partial charge in [-0.3, -0.25) is 14.5 Å². The van der Waals surface area contributed by atoms with Crippen LogP contribution in [0.2, 0.25) is 5.02 Å². The molecule has 1 fully saturated rings. The van der Waals surface area contributed by atoms with Crippen LogP contribution in [0.25, 0.3) is 5.76 Å². The van der Waals surface area contributed by atoms with Gasteiger partial charge in [-0.25, -0.2) is 0 Å². The first-order valence-electron chi connectivity index (χ1n) is 10.3. The lowest BCUT2D eigenvalue weighted by Crippen LogP contribution is -2.29. The number of halogens is 1. The summed E-state index contributed by atoms with van der Waals surface area (Å²) in [7, 11) is 0. The van der Waals surface area contributed by atoms with E-state index in [0.29, 0.717) is 27.6 Å². The zero-order chi connectivity index (χ0) is 22.8. The Morgan fingerprint density at radius 1 is 0.969 bits per heavy atom. The largest absolute Gasteiger partial charge is 0.507 e. The van der Waals surface area contributed by atoms with Gasteiger partial charge in [-0.15, -0.1) is 0 Å². The number of aliphatic hydroxyl groups excluding tert-OH is 1. The minimum Gasteiger partial charge on any atom is -0.507 e. The van der Waals surface area contributed by atoms with Gasteiger partial charge in [0.15, 0.2) is 0 Å². The van der Waals surface area contributed by atoms with Crippen molar-refractivity contribution in [3.8, 4) is 5.75 Å². The summed E-state index contributed by atoms with van der Waals surface area (Å²) in [5, 5.41) is 11.6. The van der Waals surface area contributed by atoms with Crippen molar-refractivity contribution in [3.05, 3.63) is 101 Å². The highest BCUT2D eigenvalue weighted by molar-refractivity contribution is 6.51. The molecule has 0 aromatic heterocycles. The molecule has 3 aromatic carbocycles. The van der Waals surface area contributed by atoms with Gasteiger partial charge < -0.3 is 9.84 Å². The fraction of sp³-hybridized carbons (Fsp3) is 0.154. The molecule has 1 amide bonds. The van der Waals surface area contributed by atoms with Gasteiger partial charge in [0.05, 0.1) is 17.7 Å². The quantitative estimate of drug-likeness (QED) is 0.307. The molecule has 0 spiro atoms. The number of hydrogen-bond donors (Lipinski definition) is 1. The van der Waals surface area contributed by atoms with Gasteiger partial charge in [0.2, 0.25) is 0 Å². The molecular formula is C26H22ClNO4. The second-order valence-electron chi connectivity index (χ2n) is 7.75. The van der Waals surface area contributed by atoms with Crippen molar-refractivity contribution in [2.75, 3.05) is 4.90 Å². The first-order chi connectivity index (χ1) is 15.4. The van der Waals surface area contributed by atoms with Gasteiger partial charge in [-0.2, -0.15) is 0 Å². The minimum atomic E-state index is -0.816. The monoisotopic (exact) mass is 447 g/mol. The van der Waals surface area contributed by atoms with Crippen LogP contribution in [0.4, 0.5) is 5.69 Å². The highest BCUT2D eigenvalue weighted by atomic mass is 35.5. The molecule has 1 aliphatic rings. The van der Waals surface area contributed by atoms with Crippen molar-refractivity contribution in [3.63, 3.8) is 0 Å². The summed E-state index contributed by atoms with van der Waals surface area (Å²) in [4.78, 5) is 27.7. The third-order valence-electron chi connectivity index (χ3n) is 5.14. The molecule has 1 unspecified atom stereocenters. The Labute approximate surface area is 191 Å². The first-order valence-corrected chi connectivity index (χ1v) is 10.6. The summed E-state index contributed by atoms with van der Waals surface area (Å²) in [6, 6.07) is 21.8. The summed E-state index contributed by atoms with van der Waals surface area (Å²) in [5.41, 5.74) is 1.63. The van der Waals surface area contributed by atoms with Crippen LogP contribution in [0.15, 0.2) is 84.4 Å². The van der Waals surface area contributed by atoms with Gasteiger partial charge >= 0.3 is 0 Å². The second kappa shape index (κ2) is 8.89. The summed E-state index contributed by atoms with van der Waals surface area (Å²) in [5.74, 6) is -1.09. The number of ether oxygens (including phenoxy) is 1. The van der Waals surface area contributed by atoms with E-state index >= 15 is 0 Å². The Morgan fingerprint density at radius 3 is 2.31 bits per heavy atom. The Kier molecular flexibility index (Phi) is 6.01. The zero-order valence-electron chi connectivity index (χ0n) is 17.7. The van der Waals surface area contributed by atoms with E-state index in [2.05, 4.69) is 0 Å². The molecule has 0 aliphatic carbocycles.